The summed E-state index contributed by atoms with van der Waals surface area (Å²) in [5.41, 5.74) is 0.908. The van der Waals surface area contributed by atoms with E-state index < -0.39 is 15.9 Å². The molecule has 0 saturated carbocycles. The summed E-state index contributed by atoms with van der Waals surface area (Å²) in [6.07, 6.45) is 1.93. The van der Waals surface area contributed by atoms with Crippen LogP contribution in [0.15, 0.2) is 53.4 Å². The molecule has 0 atom stereocenters. The van der Waals surface area contributed by atoms with E-state index in [9.17, 15) is 18.0 Å². The highest BCUT2D eigenvalue weighted by Crippen LogP contribution is 2.23. The highest BCUT2D eigenvalue weighted by molar-refractivity contribution is 7.89. The van der Waals surface area contributed by atoms with Crippen LogP contribution in [0.3, 0.4) is 0 Å². The quantitative estimate of drug-likeness (QED) is 0.696. The highest BCUT2D eigenvalue weighted by atomic mass is 35.5. The fourth-order valence-electron chi connectivity index (χ4n) is 3.04. The van der Waals surface area contributed by atoms with Crippen LogP contribution in [-0.2, 0) is 21.4 Å². The average Bonchev–Trinajstić information content (AvgIpc) is 3.26. The second-order valence-corrected chi connectivity index (χ2v) is 8.87. The number of amides is 2. The Morgan fingerprint density at radius 2 is 1.72 bits per heavy atom. The summed E-state index contributed by atoms with van der Waals surface area (Å²) >= 11 is 6.07. The van der Waals surface area contributed by atoms with Gasteiger partial charge in [0.05, 0.1) is 11.6 Å². The monoisotopic (exact) mass is 435 g/mol. The van der Waals surface area contributed by atoms with E-state index in [0.717, 1.165) is 18.4 Å². The van der Waals surface area contributed by atoms with E-state index in [1.165, 1.54) is 18.2 Å². The molecule has 7 nitrogen and oxygen atoms in total. The molecule has 3 rings (SSSR count). The van der Waals surface area contributed by atoms with Crippen LogP contribution >= 0.6 is 11.6 Å². The van der Waals surface area contributed by atoms with Crippen LogP contribution < -0.4 is 10.0 Å². The molecule has 29 heavy (non-hydrogen) atoms. The third-order valence-corrected chi connectivity index (χ3v) is 6.53. The largest absolute Gasteiger partial charge is 0.343 e. The van der Waals surface area contributed by atoms with Crippen molar-refractivity contribution in [2.75, 3.05) is 19.6 Å². The maximum Gasteiger partial charge on any atom is 0.251 e. The van der Waals surface area contributed by atoms with E-state index in [4.69, 9.17) is 11.6 Å². The van der Waals surface area contributed by atoms with Gasteiger partial charge in [-0.3, -0.25) is 9.59 Å². The van der Waals surface area contributed by atoms with Crippen molar-refractivity contribution < 1.29 is 18.0 Å². The molecule has 1 fully saturated rings. The topological polar surface area (TPSA) is 95.6 Å². The van der Waals surface area contributed by atoms with Gasteiger partial charge in [0.25, 0.3) is 5.91 Å². The predicted octanol–water partition coefficient (Wildman–Crippen LogP) is 2.17. The van der Waals surface area contributed by atoms with Gasteiger partial charge in [-0.15, -0.1) is 0 Å². The number of benzene rings is 2. The zero-order valence-corrected chi connectivity index (χ0v) is 17.3. The standard InChI is InChI=1S/C20H22ClN3O4S/c21-17-9-8-16(20(26)22-14-19(25)24-10-4-5-11-24)12-18(17)29(27,28)23-13-15-6-2-1-3-7-15/h1-3,6-9,12,23H,4-5,10-11,13-14H2,(H,22,26). The first-order valence-corrected chi connectivity index (χ1v) is 11.1. The van der Waals surface area contributed by atoms with Crippen molar-refractivity contribution >= 4 is 33.4 Å². The molecule has 1 aliphatic rings. The Morgan fingerprint density at radius 3 is 2.41 bits per heavy atom. The number of nitrogens with zero attached hydrogens (tertiary/aromatic N) is 1. The zero-order valence-electron chi connectivity index (χ0n) is 15.7. The van der Waals surface area contributed by atoms with E-state index in [1.54, 1.807) is 17.0 Å². The van der Waals surface area contributed by atoms with Gasteiger partial charge in [0, 0.05) is 25.2 Å². The van der Waals surface area contributed by atoms with Crippen LogP contribution in [0.5, 0.6) is 0 Å². The lowest BCUT2D eigenvalue weighted by Crippen LogP contribution is -2.38. The molecular weight excluding hydrogens is 414 g/mol. The fraction of sp³-hybridized carbons (Fsp3) is 0.300. The molecule has 0 aromatic heterocycles. The summed E-state index contributed by atoms with van der Waals surface area (Å²) in [5, 5.41) is 2.55. The minimum absolute atomic E-state index is 0.00950. The number of hydrogen-bond donors (Lipinski definition) is 2. The summed E-state index contributed by atoms with van der Waals surface area (Å²) in [6.45, 7) is 1.37. The molecule has 2 aromatic carbocycles. The first-order chi connectivity index (χ1) is 13.9. The molecule has 0 radical (unpaired) electrons. The van der Waals surface area contributed by atoms with Crippen molar-refractivity contribution in [3.63, 3.8) is 0 Å². The molecule has 0 bridgehead atoms. The van der Waals surface area contributed by atoms with E-state index in [-0.39, 0.29) is 34.5 Å². The lowest BCUT2D eigenvalue weighted by atomic mass is 10.2. The van der Waals surface area contributed by atoms with Gasteiger partial charge in [0.15, 0.2) is 0 Å². The Hall–Kier alpha value is -2.42. The lowest BCUT2D eigenvalue weighted by molar-refractivity contribution is -0.129. The van der Waals surface area contributed by atoms with Crippen molar-refractivity contribution in [1.82, 2.24) is 14.9 Å². The summed E-state index contributed by atoms with van der Waals surface area (Å²) in [6, 6.07) is 13.0. The Bertz CT molecular complexity index is 990. The number of halogens is 1. The molecule has 0 aliphatic carbocycles. The van der Waals surface area contributed by atoms with Crippen molar-refractivity contribution in [1.29, 1.82) is 0 Å². The first-order valence-electron chi connectivity index (χ1n) is 9.26. The van der Waals surface area contributed by atoms with Crippen molar-refractivity contribution in [3.8, 4) is 0 Å². The number of nitrogens with one attached hydrogen (secondary N) is 2. The molecule has 2 aromatic rings. The maximum atomic E-state index is 12.7. The molecule has 154 valence electrons. The van der Waals surface area contributed by atoms with Gasteiger partial charge in [-0.2, -0.15) is 0 Å². The van der Waals surface area contributed by atoms with Gasteiger partial charge in [-0.05, 0) is 36.6 Å². The average molecular weight is 436 g/mol. The summed E-state index contributed by atoms with van der Waals surface area (Å²) in [4.78, 5) is 26.0. The molecule has 0 spiro atoms. The van der Waals surface area contributed by atoms with E-state index >= 15 is 0 Å². The van der Waals surface area contributed by atoms with E-state index in [0.29, 0.717) is 13.1 Å². The van der Waals surface area contributed by atoms with Crippen molar-refractivity contribution in [3.05, 3.63) is 64.7 Å². The molecular formula is C20H22ClN3O4S. The van der Waals surface area contributed by atoms with E-state index in [1.807, 2.05) is 18.2 Å². The summed E-state index contributed by atoms with van der Waals surface area (Å²) < 4.78 is 27.8. The fourth-order valence-corrected chi connectivity index (χ4v) is 4.58. The lowest BCUT2D eigenvalue weighted by Gasteiger charge is -2.15. The van der Waals surface area contributed by atoms with Crippen molar-refractivity contribution in [2.24, 2.45) is 0 Å². The first kappa shape index (κ1) is 21.3. The van der Waals surface area contributed by atoms with E-state index in [2.05, 4.69) is 10.0 Å². The molecule has 2 amide bonds. The predicted molar refractivity (Wildman–Crippen MR) is 110 cm³/mol. The molecule has 0 unspecified atom stereocenters. The molecule has 1 aliphatic heterocycles. The van der Waals surface area contributed by atoms with Gasteiger partial charge < -0.3 is 10.2 Å². The Balaban J connectivity index is 1.67. The molecule has 2 N–H and O–H groups in total. The number of carbonyl (C=O) groups is 2. The second kappa shape index (κ2) is 9.39. The van der Waals surface area contributed by atoms with Crippen molar-refractivity contribution in [2.45, 2.75) is 24.3 Å². The Labute approximate surface area is 175 Å². The Morgan fingerprint density at radius 1 is 1.03 bits per heavy atom. The Kier molecular flexibility index (Phi) is 6.89. The van der Waals surface area contributed by atoms with Crippen LogP contribution in [0.25, 0.3) is 0 Å². The molecule has 1 saturated heterocycles. The second-order valence-electron chi connectivity index (χ2n) is 6.73. The number of carbonyl (C=O) groups excluding carboxylic acids is 2. The number of sulfonamides is 1. The third-order valence-electron chi connectivity index (χ3n) is 4.65. The summed E-state index contributed by atoms with van der Waals surface area (Å²) in [5.74, 6) is -0.684. The van der Waals surface area contributed by atoms with Crippen LogP contribution in [0, 0.1) is 0 Å². The maximum absolute atomic E-state index is 12.7. The van der Waals surface area contributed by atoms with Crippen LogP contribution in [0.1, 0.15) is 28.8 Å². The van der Waals surface area contributed by atoms with Gasteiger partial charge in [0.2, 0.25) is 15.9 Å². The van der Waals surface area contributed by atoms with Gasteiger partial charge in [0.1, 0.15) is 4.90 Å². The number of rotatable bonds is 7. The van der Waals surface area contributed by atoms with Crippen LogP contribution in [0.2, 0.25) is 5.02 Å². The minimum Gasteiger partial charge on any atom is -0.343 e. The van der Waals surface area contributed by atoms with Gasteiger partial charge in [-0.1, -0.05) is 41.9 Å². The summed E-state index contributed by atoms with van der Waals surface area (Å²) in [7, 11) is -3.93. The van der Waals surface area contributed by atoms with Gasteiger partial charge >= 0.3 is 0 Å². The van der Waals surface area contributed by atoms with Crippen LogP contribution in [0.4, 0.5) is 0 Å². The minimum atomic E-state index is -3.93. The number of hydrogen-bond acceptors (Lipinski definition) is 4. The van der Waals surface area contributed by atoms with Crippen LogP contribution in [-0.4, -0.2) is 44.8 Å². The highest BCUT2D eigenvalue weighted by Gasteiger charge is 2.22. The SMILES string of the molecule is O=C(NCC(=O)N1CCCC1)c1ccc(Cl)c(S(=O)(=O)NCc2ccccc2)c1. The molecule has 9 heteroatoms. The normalized spacial score (nSPS) is 14.0. The number of likely N-dealkylation sites (tertiary alicyclic amines) is 1. The molecule has 1 heterocycles. The smallest absolute Gasteiger partial charge is 0.251 e. The third kappa shape index (κ3) is 5.56. The van der Waals surface area contributed by atoms with Gasteiger partial charge in [-0.25, -0.2) is 13.1 Å². The zero-order chi connectivity index (χ0) is 20.9.